The van der Waals surface area contributed by atoms with E-state index in [0.29, 0.717) is 27.8 Å². The molecule has 2 aliphatic heterocycles. The van der Waals surface area contributed by atoms with Crippen LogP contribution >= 0.6 is 11.3 Å². The first-order valence-electron chi connectivity index (χ1n) is 13.5. The molecule has 0 radical (unpaired) electrons. The molecule has 216 valence electrons. The Hall–Kier alpha value is -3.29. The largest absolute Gasteiger partial charge is 0.508 e. The Morgan fingerprint density at radius 2 is 1.95 bits per heavy atom. The number of amides is 1. The summed E-state index contributed by atoms with van der Waals surface area (Å²) in [6.45, 7) is 2.76. The van der Waals surface area contributed by atoms with Gasteiger partial charge in [0.2, 0.25) is 11.7 Å². The number of carboxylic acid groups (broad SMARTS) is 1. The Labute approximate surface area is 234 Å². The molecular formula is C27H33N3O9S. The lowest BCUT2D eigenvalue weighted by molar-refractivity contribution is -0.167. The Bertz CT molecular complexity index is 1370. The summed E-state index contributed by atoms with van der Waals surface area (Å²) in [6, 6.07) is -0.680. The summed E-state index contributed by atoms with van der Waals surface area (Å²) in [5, 5.41) is 30.0. The zero-order valence-corrected chi connectivity index (χ0v) is 23.2. The molecule has 0 spiro atoms. The topological polar surface area (TPSA) is 168 Å². The van der Waals surface area contributed by atoms with Crippen molar-refractivity contribution in [2.24, 2.45) is 17.3 Å². The van der Waals surface area contributed by atoms with E-state index in [9.17, 15) is 34.5 Å². The summed E-state index contributed by atoms with van der Waals surface area (Å²) < 4.78 is 12.3. The molecule has 13 heteroatoms. The molecule has 1 saturated heterocycles. The second-order valence-electron chi connectivity index (χ2n) is 11.0. The molecule has 1 amide bonds. The molecule has 5 rings (SSSR count). The van der Waals surface area contributed by atoms with Crippen molar-refractivity contribution in [2.75, 3.05) is 19.8 Å². The fourth-order valence-corrected chi connectivity index (χ4v) is 7.72. The van der Waals surface area contributed by atoms with Gasteiger partial charge in [-0.15, -0.1) is 11.3 Å². The van der Waals surface area contributed by atoms with Crippen molar-refractivity contribution in [1.82, 2.24) is 14.3 Å². The number of imidazole rings is 1. The number of ether oxygens (including phenoxy) is 2. The van der Waals surface area contributed by atoms with Gasteiger partial charge in [0.05, 0.1) is 36.2 Å². The van der Waals surface area contributed by atoms with Gasteiger partial charge < -0.3 is 29.7 Å². The number of aromatic nitrogens is 2. The maximum atomic E-state index is 13.1. The average Bonchev–Trinajstić information content (AvgIpc) is 3.56. The number of β-lactam (4-membered cyclic amide) rings is 1. The van der Waals surface area contributed by atoms with Crippen LogP contribution in [-0.4, -0.2) is 85.4 Å². The van der Waals surface area contributed by atoms with E-state index in [2.05, 4.69) is 4.98 Å². The van der Waals surface area contributed by atoms with E-state index in [-0.39, 0.29) is 24.4 Å². The minimum absolute atomic E-state index is 0.0566. The molecule has 40 heavy (non-hydrogen) atoms. The smallest absolute Gasteiger partial charge is 0.477 e. The molecule has 2 aromatic heterocycles. The lowest BCUT2D eigenvalue weighted by Crippen LogP contribution is -2.66. The standard InChI is InChI=1S/C27H33N3O9S/c1-14(32)18-22-27(2,8-9-38-26(37)39-12-15-6-4-3-5-7-15)19(21(25(35)36)30(22)23(18)34)17-10-29-13-28-20(16(33)11-31)24(29)40-17/h10,13-15,18,22,31-32H,3-9,11-12H2,1-2H3,(H,35,36)/t14-,18-,22-,27?/m1/s1. The molecule has 4 atom stereocenters. The van der Waals surface area contributed by atoms with Gasteiger partial charge in [-0.2, -0.15) is 0 Å². The summed E-state index contributed by atoms with van der Waals surface area (Å²) in [6.07, 6.45) is 6.82. The zero-order chi connectivity index (χ0) is 28.8. The molecule has 0 aromatic carbocycles. The molecular weight excluding hydrogens is 542 g/mol. The Kier molecular flexibility index (Phi) is 7.73. The van der Waals surface area contributed by atoms with E-state index in [0.717, 1.165) is 37.0 Å². The van der Waals surface area contributed by atoms with Crippen LogP contribution in [0.5, 0.6) is 0 Å². The maximum Gasteiger partial charge on any atom is 0.508 e. The predicted molar refractivity (Wildman–Crippen MR) is 141 cm³/mol. The molecule has 2 aromatic rings. The first-order chi connectivity index (χ1) is 19.1. The number of thiazole rings is 1. The fraction of sp³-hybridized carbons (Fsp3) is 0.593. The van der Waals surface area contributed by atoms with Gasteiger partial charge in [0.1, 0.15) is 29.2 Å². The van der Waals surface area contributed by atoms with Crippen LogP contribution in [0.1, 0.15) is 67.7 Å². The molecule has 12 nitrogen and oxygen atoms in total. The molecule has 3 aliphatic rings. The first kappa shape index (κ1) is 28.2. The van der Waals surface area contributed by atoms with Gasteiger partial charge in [0, 0.05) is 17.2 Å². The van der Waals surface area contributed by atoms with E-state index in [4.69, 9.17) is 9.47 Å². The van der Waals surface area contributed by atoms with Crippen molar-refractivity contribution in [2.45, 2.75) is 64.5 Å². The van der Waals surface area contributed by atoms with Gasteiger partial charge in [-0.05, 0) is 32.1 Å². The summed E-state index contributed by atoms with van der Waals surface area (Å²) in [4.78, 5) is 56.3. The van der Waals surface area contributed by atoms with Crippen molar-refractivity contribution < 1.29 is 44.0 Å². The number of hydrogen-bond acceptors (Lipinski definition) is 10. The van der Waals surface area contributed by atoms with E-state index in [1.54, 1.807) is 17.5 Å². The van der Waals surface area contributed by atoms with Crippen LogP contribution in [-0.2, 0) is 19.1 Å². The molecule has 1 aliphatic carbocycles. The highest BCUT2D eigenvalue weighted by Crippen LogP contribution is 2.60. The molecule has 3 N–H and O–H groups in total. The lowest BCUT2D eigenvalue weighted by atomic mass is 9.66. The number of Topliss-reactive ketones (excluding diaryl/α,β-unsaturated/α-hetero) is 1. The SMILES string of the molecule is C[C@@H](O)[C@H]1C(=O)N2C(C(=O)O)=C(c3cn4cnc(C(=O)CO)c4s3)C(C)(CCOC(=O)OCC3CCCCC3)[C@@H]12. The summed E-state index contributed by atoms with van der Waals surface area (Å²) in [5.41, 5.74) is -0.829. The van der Waals surface area contributed by atoms with Crippen molar-refractivity contribution in [3.63, 3.8) is 0 Å². The van der Waals surface area contributed by atoms with Crippen LogP contribution < -0.4 is 0 Å². The number of carboxylic acids is 1. The number of nitrogens with zero attached hydrogens (tertiary/aromatic N) is 3. The second-order valence-corrected chi connectivity index (χ2v) is 12.0. The number of carbonyl (C=O) groups excluding carboxylic acids is 3. The summed E-state index contributed by atoms with van der Waals surface area (Å²) >= 11 is 1.12. The van der Waals surface area contributed by atoms with Crippen LogP contribution in [0, 0.1) is 17.3 Å². The van der Waals surface area contributed by atoms with Crippen molar-refractivity contribution in [3.05, 3.63) is 28.8 Å². The number of hydrogen-bond donors (Lipinski definition) is 3. The van der Waals surface area contributed by atoms with Gasteiger partial charge >= 0.3 is 12.1 Å². The normalized spacial score (nSPS) is 25.6. The van der Waals surface area contributed by atoms with Crippen molar-refractivity contribution in [1.29, 1.82) is 0 Å². The highest BCUT2D eigenvalue weighted by Gasteiger charge is 2.66. The van der Waals surface area contributed by atoms with Crippen LogP contribution in [0.25, 0.3) is 10.4 Å². The Morgan fingerprint density at radius 1 is 1.23 bits per heavy atom. The first-order valence-corrected chi connectivity index (χ1v) is 14.3. The van der Waals surface area contributed by atoms with Crippen molar-refractivity contribution >= 4 is 45.6 Å². The molecule has 4 heterocycles. The van der Waals surface area contributed by atoms with E-state index < -0.39 is 53.9 Å². The minimum Gasteiger partial charge on any atom is -0.477 e. The predicted octanol–water partition coefficient (Wildman–Crippen LogP) is 2.72. The summed E-state index contributed by atoms with van der Waals surface area (Å²) in [5.74, 6) is -2.90. The average molecular weight is 576 g/mol. The third kappa shape index (κ3) is 4.69. The number of aliphatic hydroxyl groups is 2. The van der Waals surface area contributed by atoms with Crippen LogP contribution in [0.3, 0.4) is 0 Å². The number of ketones is 1. The number of aliphatic carboxylic acids is 1. The quantitative estimate of drug-likeness (QED) is 0.218. The number of carbonyl (C=O) groups is 4. The zero-order valence-electron chi connectivity index (χ0n) is 22.4. The summed E-state index contributed by atoms with van der Waals surface area (Å²) in [7, 11) is 0. The van der Waals surface area contributed by atoms with Gasteiger partial charge in [-0.1, -0.05) is 26.2 Å². The molecule has 1 unspecified atom stereocenters. The third-order valence-corrected chi connectivity index (χ3v) is 9.56. The Balaban J connectivity index is 1.44. The van der Waals surface area contributed by atoms with Crippen LogP contribution in [0.4, 0.5) is 4.79 Å². The lowest BCUT2D eigenvalue weighted by Gasteiger charge is -2.50. The highest BCUT2D eigenvalue weighted by atomic mass is 32.1. The third-order valence-electron chi connectivity index (χ3n) is 8.43. The molecule has 2 fully saturated rings. The van der Waals surface area contributed by atoms with E-state index in [1.807, 2.05) is 0 Å². The van der Waals surface area contributed by atoms with Gasteiger partial charge in [-0.25, -0.2) is 14.6 Å². The molecule has 1 saturated carbocycles. The Morgan fingerprint density at radius 3 is 2.60 bits per heavy atom. The van der Waals surface area contributed by atoms with E-state index in [1.165, 1.54) is 24.6 Å². The minimum atomic E-state index is -1.31. The highest BCUT2D eigenvalue weighted by molar-refractivity contribution is 7.18. The number of aliphatic hydroxyl groups excluding tert-OH is 2. The van der Waals surface area contributed by atoms with Crippen LogP contribution in [0.15, 0.2) is 18.2 Å². The second kappa shape index (κ2) is 10.9. The number of fused-ring (bicyclic) bond motifs is 2. The molecule has 0 bridgehead atoms. The fourth-order valence-electron chi connectivity index (χ4n) is 6.44. The number of rotatable bonds is 10. The van der Waals surface area contributed by atoms with E-state index >= 15 is 0 Å². The van der Waals surface area contributed by atoms with Gasteiger partial charge in [-0.3, -0.25) is 14.0 Å². The van der Waals surface area contributed by atoms with Crippen LogP contribution in [0.2, 0.25) is 0 Å². The van der Waals surface area contributed by atoms with Gasteiger partial charge in [0.25, 0.3) is 0 Å². The van der Waals surface area contributed by atoms with Crippen molar-refractivity contribution in [3.8, 4) is 0 Å². The van der Waals surface area contributed by atoms with Gasteiger partial charge in [0.15, 0.2) is 0 Å². The monoisotopic (exact) mass is 575 g/mol. The maximum absolute atomic E-state index is 13.1.